The predicted molar refractivity (Wildman–Crippen MR) is 101 cm³/mol. The third-order valence-electron chi connectivity index (χ3n) is 3.10. The van der Waals surface area contributed by atoms with Crippen LogP contribution in [-0.4, -0.2) is 5.91 Å². The fraction of sp³-hybridized carbons (Fsp3) is 0.0588. The number of nitrogens with zero attached hydrogens (tertiary/aromatic N) is 1. The van der Waals surface area contributed by atoms with Crippen molar-refractivity contribution in [3.63, 3.8) is 0 Å². The average Bonchev–Trinajstić information content (AvgIpc) is 2.52. The number of carbonyl (C=O) groups excluding carboxylic acids is 1. The lowest BCUT2D eigenvalue weighted by molar-refractivity contribution is -0.112. The maximum Gasteiger partial charge on any atom is 0.267 e. The summed E-state index contributed by atoms with van der Waals surface area (Å²) in [5.41, 5.74) is 8.60. The van der Waals surface area contributed by atoms with Crippen LogP contribution in [0.15, 0.2) is 54.2 Å². The number of aryl methyl sites for hydroxylation is 1. The third-order valence-corrected chi connectivity index (χ3v) is 3.77. The Kier molecular flexibility index (Phi) is 5.60. The molecule has 0 atom stereocenters. The van der Waals surface area contributed by atoms with Gasteiger partial charge in [-0.1, -0.05) is 0 Å². The number of nitriles is 1. The number of nitrogen functional groups attached to an aromatic ring is 1. The van der Waals surface area contributed by atoms with Gasteiger partial charge in [0.25, 0.3) is 5.91 Å². The molecule has 0 aliphatic carbocycles. The van der Waals surface area contributed by atoms with E-state index in [-0.39, 0.29) is 5.57 Å². The van der Waals surface area contributed by atoms with Gasteiger partial charge >= 0.3 is 0 Å². The standard InChI is InChI=1S/C17H15IN4O/c1-11-8-13(18)2-7-16(11)22-17(23)12(9-19)10-21-15-5-3-14(20)4-6-15/h2-8,10,21H,20H2,1H3,(H,22,23)/b12-10-. The van der Waals surface area contributed by atoms with Crippen molar-refractivity contribution in [2.24, 2.45) is 0 Å². The molecule has 0 bridgehead atoms. The number of carbonyl (C=O) groups is 1. The van der Waals surface area contributed by atoms with Crippen molar-refractivity contribution in [2.45, 2.75) is 6.92 Å². The summed E-state index contributed by atoms with van der Waals surface area (Å²) < 4.78 is 1.08. The molecule has 0 spiro atoms. The third kappa shape index (κ3) is 4.72. The van der Waals surface area contributed by atoms with E-state index in [0.29, 0.717) is 11.4 Å². The minimum atomic E-state index is -0.459. The fourth-order valence-electron chi connectivity index (χ4n) is 1.84. The first-order chi connectivity index (χ1) is 11.0. The van der Waals surface area contributed by atoms with E-state index >= 15 is 0 Å². The van der Waals surface area contributed by atoms with Gasteiger partial charge in [0.2, 0.25) is 0 Å². The number of nitrogens with one attached hydrogen (secondary N) is 2. The number of benzene rings is 2. The highest BCUT2D eigenvalue weighted by molar-refractivity contribution is 14.1. The highest BCUT2D eigenvalue weighted by atomic mass is 127. The Morgan fingerprint density at radius 3 is 2.57 bits per heavy atom. The molecule has 4 N–H and O–H groups in total. The van der Waals surface area contributed by atoms with E-state index in [9.17, 15) is 4.79 Å². The van der Waals surface area contributed by atoms with Crippen molar-refractivity contribution in [1.29, 1.82) is 5.26 Å². The summed E-state index contributed by atoms with van der Waals surface area (Å²) in [6.07, 6.45) is 1.38. The molecule has 2 rings (SSSR count). The first-order valence-corrected chi connectivity index (χ1v) is 7.87. The molecule has 0 fully saturated rings. The fourth-order valence-corrected chi connectivity index (χ4v) is 2.49. The number of nitrogens with two attached hydrogens (primary N) is 1. The minimum absolute atomic E-state index is 0.0141. The second-order valence-corrected chi connectivity index (χ2v) is 6.10. The molecule has 6 heteroatoms. The van der Waals surface area contributed by atoms with Gasteiger partial charge in [-0.15, -0.1) is 0 Å². The van der Waals surface area contributed by atoms with Gasteiger partial charge in [-0.3, -0.25) is 4.79 Å². The lowest BCUT2D eigenvalue weighted by Crippen LogP contribution is -2.15. The predicted octanol–water partition coefficient (Wildman–Crippen LogP) is 3.64. The van der Waals surface area contributed by atoms with Crippen LogP contribution in [0.1, 0.15) is 5.56 Å². The number of halogens is 1. The summed E-state index contributed by atoms with van der Waals surface area (Å²) in [7, 11) is 0. The number of amides is 1. The van der Waals surface area contributed by atoms with Crippen LogP contribution in [0.5, 0.6) is 0 Å². The van der Waals surface area contributed by atoms with E-state index in [1.54, 1.807) is 24.3 Å². The Hall–Kier alpha value is -2.53. The zero-order valence-corrected chi connectivity index (χ0v) is 14.6. The van der Waals surface area contributed by atoms with Crippen LogP contribution in [0.2, 0.25) is 0 Å². The maximum atomic E-state index is 12.2. The van der Waals surface area contributed by atoms with Gasteiger partial charge in [0.15, 0.2) is 0 Å². The molecular weight excluding hydrogens is 403 g/mol. The molecule has 23 heavy (non-hydrogen) atoms. The minimum Gasteiger partial charge on any atom is -0.399 e. The maximum absolute atomic E-state index is 12.2. The number of anilines is 3. The molecule has 0 aromatic heterocycles. The Bertz CT molecular complexity index is 791. The summed E-state index contributed by atoms with van der Waals surface area (Å²) in [5, 5.41) is 14.8. The van der Waals surface area contributed by atoms with Crippen molar-refractivity contribution in [1.82, 2.24) is 0 Å². The molecule has 116 valence electrons. The van der Waals surface area contributed by atoms with Crippen LogP contribution >= 0.6 is 22.6 Å². The molecule has 2 aromatic rings. The van der Waals surface area contributed by atoms with Crippen molar-refractivity contribution >= 4 is 45.6 Å². The van der Waals surface area contributed by atoms with Crippen molar-refractivity contribution in [3.05, 3.63) is 63.4 Å². The summed E-state index contributed by atoms with van der Waals surface area (Å²) >= 11 is 2.20. The normalized spacial score (nSPS) is 10.7. The second-order valence-electron chi connectivity index (χ2n) is 4.85. The van der Waals surface area contributed by atoms with Gasteiger partial charge < -0.3 is 16.4 Å². The van der Waals surface area contributed by atoms with E-state index in [1.165, 1.54) is 6.20 Å². The monoisotopic (exact) mass is 418 g/mol. The summed E-state index contributed by atoms with van der Waals surface area (Å²) in [6, 6.07) is 14.6. The molecule has 0 saturated heterocycles. The molecule has 5 nitrogen and oxygen atoms in total. The Labute approximate surface area is 148 Å². The van der Waals surface area contributed by atoms with Gasteiger partial charge in [0, 0.05) is 26.8 Å². The van der Waals surface area contributed by atoms with Crippen molar-refractivity contribution < 1.29 is 4.79 Å². The van der Waals surface area contributed by atoms with E-state index < -0.39 is 5.91 Å². The molecule has 0 aliphatic rings. The molecule has 0 heterocycles. The molecular formula is C17H15IN4O. The topological polar surface area (TPSA) is 90.9 Å². The molecule has 0 saturated carbocycles. The van der Waals surface area contributed by atoms with E-state index in [0.717, 1.165) is 14.8 Å². The Balaban J connectivity index is 2.10. The van der Waals surface area contributed by atoms with Gasteiger partial charge in [0.05, 0.1) is 0 Å². The molecule has 0 radical (unpaired) electrons. The summed E-state index contributed by atoms with van der Waals surface area (Å²) in [4.78, 5) is 12.2. The van der Waals surface area contributed by atoms with Crippen molar-refractivity contribution in [2.75, 3.05) is 16.4 Å². The van der Waals surface area contributed by atoms with E-state index in [1.807, 2.05) is 31.2 Å². The van der Waals surface area contributed by atoms with Gasteiger partial charge in [0.1, 0.15) is 11.6 Å². The molecule has 2 aromatic carbocycles. The second kappa shape index (κ2) is 7.65. The van der Waals surface area contributed by atoms with E-state index in [4.69, 9.17) is 11.0 Å². The smallest absolute Gasteiger partial charge is 0.267 e. The van der Waals surface area contributed by atoms with Crippen LogP contribution < -0.4 is 16.4 Å². The lowest BCUT2D eigenvalue weighted by atomic mass is 10.2. The van der Waals surface area contributed by atoms with Crippen LogP contribution in [0.25, 0.3) is 0 Å². The largest absolute Gasteiger partial charge is 0.399 e. The first kappa shape index (κ1) is 16.8. The van der Waals surface area contributed by atoms with Crippen LogP contribution in [-0.2, 0) is 4.79 Å². The summed E-state index contributed by atoms with van der Waals surface area (Å²) in [6.45, 7) is 1.90. The average molecular weight is 418 g/mol. The summed E-state index contributed by atoms with van der Waals surface area (Å²) in [5.74, 6) is -0.459. The zero-order valence-electron chi connectivity index (χ0n) is 12.4. The Morgan fingerprint density at radius 2 is 1.96 bits per heavy atom. The van der Waals surface area contributed by atoms with E-state index in [2.05, 4.69) is 33.2 Å². The SMILES string of the molecule is Cc1cc(I)ccc1NC(=O)/C(C#N)=C\Nc1ccc(N)cc1. The first-order valence-electron chi connectivity index (χ1n) is 6.79. The highest BCUT2D eigenvalue weighted by Gasteiger charge is 2.10. The quantitative estimate of drug-likeness (QED) is 0.306. The number of hydrogen-bond acceptors (Lipinski definition) is 4. The lowest BCUT2D eigenvalue weighted by Gasteiger charge is -2.08. The van der Waals surface area contributed by atoms with Gasteiger partial charge in [-0.2, -0.15) is 5.26 Å². The molecule has 1 amide bonds. The number of hydrogen-bond donors (Lipinski definition) is 3. The number of rotatable bonds is 4. The van der Waals surface area contributed by atoms with Gasteiger partial charge in [-0.05, 0) is 77.5 Å². The molecule has 0 aliphatic heterocycles. The van der Waals surface area contributed by atoms with Crippen LogP contribution in [0.3, 0.4) is 0 Å². The highest BCUT2D eigenvalue weighted by Crippen LogP contribution is 2.18. The van der Waals surface area contributed by atoms with Gasteiger partial charge in [-0.25, -0.2) is 0 Å². The van der Waals surface area contributed by atoms with Crippen LogP contribution in [0, 0.1) is 21.8 Å². The zero-order chi connectivity index (χ0) is 16.8. The Morgan fingerprint density at radius 1 is 1.26 bits per heavy atom. The van der Waals surface area contributed by atoms with Crippen molar-refractivity contribution in [3.8, 4) is 6.07 Å². The molecule has 0 unspecified atom stereocenters. The van der Waals surface area contributed by atoms with Crippen LogP contribution in [0.4, 0.5) is 17.1 Å².